The number of sulfonamides is 1. The number of unbranched alkanes of at least 4 members (excludes halogenated alkanes) is 1. The van der Waals surface area contributed by atoms with Crippen LogP contribution in [-0.2, 0) is 10.0 Å². The van der Waals surface area contributed by atoms with Crippen molar-refractivity contribution in [1.82, 2.24) is 4.31 Å². The van der Waals surface area contributed by atoms with Gasteiger partial charge in [0, 0.05) is 6.54 Å². The van der Waals surface area contributed by atoms with Gasteiger partial charge in [0.2, 0.25) is 10.0 Å². The van der Waals surface area contributed by atoms with Crippen LogP contribution in [0.25, 0.3) is 0 Å². The zero-order chi connectivity index (χ0) is 16.3. The standard InChI is InChI=1S/C12H16F4N2O2S/c1-2-3-7-18(8-12(14,15)16)21(19,20)10-6-4-5-9(13)11(10)17/h4-6H,2-3,7-8,17H2,1H3. The summed E-state index contributed by atoms with van der Waals surface area (Å²) in [6.07, 6.45) is -3.92. The molecule has 0 amide bonds. The molecule has 0 bridgehead atoms. The number of para-hydroxylation sites is 1. The van der Waals surface area contributed by atoms with E-state index in [4.69, 9.17) is 5.73 Å². The molecule has 0 saturated heterocycles. The summed E-state index contributed by atoms with van der Waals surface area (Å²) in [6.45, 7) is -0.228. The second-order valence-corrected chi connectivity index (χ2v) is 6.37. The molecule has 9 heteroatoms. The molecule has 0 radical (unpaired) electrons. The molecule has 0 spiro atoms. The lowest BCUT2D eigenvalue weighted by Crippen LogP contribution is -2.39. The van der Waals surface area contributed by atoms with Gasteiger partial charge in [0.05, 0.1) is 5.69 Å². The smallest absolute Gasteiger partial charge is 0.395 e. The van der Waals surface area contributed by atoms with Crippen LogP contribution in [0.1, 0.15) is 19.8 Å². The minimum atomic E-state index is -4.69. The van der Waals surface area contributed by atoms with Gasteiger partial charge in [-0.3, -0.25) is 0 Å². The Kier molecular flexibility index (Phi) is 5.57. The van der Waals surface area contributed by atoms with Crippen LogP contribution in [0.15, 0.2) is 23.1 Å². The van der Waals surface area contributed by atoms with Crippen molar-refractivity contribution in [2.75, 3.05) is 18.8 Å². The van der Waals surface area contributed by atoms with Crippen LogP contribution in [0.3, 0.4) is 0 Å². The van der Waals surface area contributed by atoms with E-state index < -0.39 is 39.1 Å². The first-order chi connectivity index (χ1) is 9.59. The molecule has 0 heterocycles. The second kappa shape index (κ2) is 6.61. The zero-order valence-electron chi connectivity index (χ0n) is 11.3. The Balaban J connectivity index is 3.23. The van der Waals surface area contributed by atoms with Crippen LogP contribution >= 0.6 is 0 Å². The highest BCUT2D eigenvalue weighted by Gasteiger charge is 2.37. The summed E-state index contributed by atoms with van der Waals surface area (Å²) in [5.41, 5.74) is 4.66. The Hall–Kier alpha value is -1.35. The Morgan fingerprint density at radius 3 is 2.43 bits per heavy atom. The monoisotopic (exact) mass is 328 g/mol. The molecule has 0 aliphatic heterocycles. The van der Waals surface area contributed by atoms with Crippen molar-refractivity contribution in [3.63, 3.8) is 0 Å². The lowest BCUT2D eigenvalue weighted by atomic mass is 10.3. The fourth-order valence-corrected chi connectivity index (χ4v) is 3.29. The molecule has 21 heavy (non-hydrogen) atoms. The zero-order valence-corrected chi connectivity index (χ0v) is 12.1. The number of nitrogen functional groups attached to an aromatic ring is 1. The third-order valence-corrected chi connectivity index (χ3v) is 4.65. The van der Waals surface area contributed by atoms with E-state index in [0.29, 0.717) is 6.42 Å². The van der Waals surface area contributed by atoms with E-state index in [9.17, 15) is 26.0 Å². The maximum Gasteiger partial charge on any atom is 0.402 e. The second-order valence-electron chi connectivity index (χ2n) is 4.46. The van der Waals surface area contributed by atoms with Gasteiger partial charge in [0.1, 0.15) is 17.3 Å². The van der Waals surface area contributed by atoms with Gasteiger partial charge >= 0.3 is 6.18 Å². The topological polar surface area (TPSA) is 63.4 Å². The number of benzene rings is 1. The number of hydrogen-bond donors (Lipinski definition) is 1. The van der Waals surface area contributed by atoms with Gasteiger partial charge in [-0.15, -0.1) is 0 Å². The van der Waals surface area contributed by atoms with Gasteiger partial charge in [0.15, 0.2) is 0 Å². The number of anilines is 1. The van der Waals surface area contributed by atoms with Crippen molar-refractivity contribution < 1.29 is 26.0 Å². The van der Waals surface area contributed by atoms with Gasteiger partial charge in [0.25, 0.3) is 0 Å². The van der Waals surface area contributed by atoms with Crippen LogP contribution in [0, 0.1) is 5.82 Å². The van der Waals surface area contributed by atoms with Gasteiger partial charge in [-0.25, -0.2) is 12.8 Å². The van der Waals surface area contributed by atoms with E-state index in [-0.39, 0.29) is 17.3 Å². The van der Waals surface area contributed by atoms with E-state index in [1.807, 2.05) is 0 Å². The lowest BCUT2D eigenvalue weighted by Gasteiger charge is -2.24. The number of nitrogens with zero attached hydrogens (tertiary/aromatic N) is 1. The average Bonchev–Trinajstić information content (AvgIpc) is 2.36. The quantitative estimate of drug-likeness (QED) is 0.645. The number of nitrogens with two attached hydrogens (primary N) is 1. The number of rotatable bonds is 6. The summed E-state index contributed by atoms with van der Waals surface area (Å²) in [5.74, 6) is -0.987. The molecule has 1 rings (SSSR count). The molecule has 120 valence electrons. The van der Waals surface area contributed by atoms with Gasteiger partial charge < -0.3 is 5.73 Å². The van der Waals surface area contributed by atoms with Crippen LogP contribution in [0.4, 0.5) is 23.2 Å². The van der Waals surface area contributed by atoms with Gasteiger partial charge in [-0.05, 0) is 18.6 Å². The summed E-state index contributed by atoms with van der Waals surface area (Å²) in [6, 6.07) is 3.02. The maximum absolute atomic E-state index is 13.3. The fraction of sp³-hybridized carbons (Fsp3) is 0.500. The highest BCUT2D eigenvalue weighted by atomic mass is 32.2. The van der Waals surface area contributed by atoms with E-state index in [0.717, 1.165) is 18.2 Å². The number of alkyl halides is 3. The molecular weight excluding hydrogens is 312 g/mol. The first-order valence-corrected chi connectivity index (χ1v) is 7.64. The first kappa shape index (κ1) is 17.7. The minimum Gasteiger partial charge on any atom is -0.395 e. The first-order valence-electron chi connectivity index (χ1n) is 6.20. The van der Waals surface area contributed by atoms with Crippen molar-refractivity contribution in [1.29, 1.82) is 0 Å². The van der Waals surface area contributed by atoms with Crippen molar-refractivity contribution in [2.24, 2.45) is 0 Å². The predicted molar refractivity (Wildman–Crippen MR) is 70.5 cm³/mol. The predicted octanol–water partition coefficient (Wildman–Crippen LogP) is 2.76. The summed E-state index contributed by atoms with van der Waals surface area (Å²) < 4.78 is 75.8. The SMILES string of the molecule is CCCCN(CC(F)(F)F)S(=O)(=O)c1cccc(F)c1N. The molecule has 0 unspecified atom stereocenters. The van der Waals surface area contributed by atoms with Crippen LogP contribution in [-0.4, -0.2) is 32.0 Å². The third-order valence-electron chi connectivity index (χ3n) is 2.75. The Labute approximate surface area is 120 Å². The molecule has 1 aromatic rings. The highest BCUT2D eigenvalue weighted by molar-refractivity contribution is 7.89. The fourth-order valence-electron chi connectivity index (χ4n) is 1.70. The lowest BCUT2D eigenvalue weighted by molar-refractivity contribution is -0.136. The van der Waals surface area contributed by atoms with E-state index >= 15 is 0 Å². The summed E-state index contributed by atoms with van der Waals surface area (Å²) in [4.78, 5) is -0.650. The Bertz CT molecular complexity index is 587. The van der Waals surface area contributed by atoms with Crippen LogP contribution < -0.4 is 5.73 Å². The average molecular weight is 328 g/mol. The van der Waals surface area contributed by atoms with E-state index in [2.05, 4.69) is 0 Å². The van der Waals surface area contributed by atoms with Crippen molar-refractivity contribution in [3.8, 4) is 0 Å². The molecule has 0 atom stereocenters. The van der Waals surface area contributed by atoms with Crippen molar-refractivity contribution >= 4 is 15.7 Å². The Morgan fingerprint density at radius 2 is 1.90 bits per heavy atom. The summed E-state index contributed by atoms with van der Waals surface area (Å²) in [7, 11) is -4.51. The molecule has 0 fully saturated rings. The summed E-state index contributed by atoms with van der Waals surface area (Å²) in [5, 5.41) is 0. The summed E-state index contributed by atoms with van der Waals surface area (Å²) >= 11 is 0. The van der Waals surface area contributed by atoms with Gasteiger partial charge in [-0.1, -0.05) is 19.4 Å². The number of halogens is 4. The van der Waals surface area contributed by atoms with Crippen molar-refractivity contribution in [2.45, 2.75) is 30.8 Å². The largest absolute Gasteiger partial charge is 0.402 e. The molecule has 4 nitrogen and oxygen atoms in total. The van der Waals surface area contributed by atoms with E-state index in [1.165, 1.54) is 0 Å². The van der Waals surface area contributed by atoms with Crippen LogP contribution in [0.2, 0.25) is 0 Å². The molecule has 0 aliphatic carbocycles. The van der Waals surface area contributed by atoms with Crippen LogP contribution in [0.5, 0.6) is 0 Å². The molecule has 0 aromatic heterocycles. The normalized spacial score (nSPS) is 12.9. The van der Waals surface area contributed by atoms with E-state index in [1.54, 1.807) is 6.92 Å². The number of hydrogen-bond acceptors (Lipinski definition) is 3. The molecule has 0 saturated carbocycles. The third kappa shape index (κ3) is 4.57. The highest BCUT2D eigenvalue weighted by Crippen LogP contribution is 2.27. The Morgan fingerprint density at radius 1 is 1.29 bits per heavy atom. The molecular formula is C12H16F4N2O2S. The van der Waals surface area contributed by atoms with Gasteiger partial charge in [-0.2, -0.15) is 17.5 Å². The van der Waals surface area contributed by atoms with Crippen molar-refractivity contribution in [3.05, 3.63) is 24.0 Å². The molecule has 0 aliphatic rings. The molecule has 1 aromatic carbocycles. The minimum absolute atomic E-state index is 0.254. The molecule has 2 N–H and O–H groups in total. The maximum atomic E-state index is 13.3.